The van der Waals surface area contributed by atoms with Gasteiger partial charge in [0, 0.05) is 15.5 Å². The van der Waals surface area contributed by atoms with Crippen molar-refractivity contribution in [3.63, 3.8) is 0 Å². The number of esters is 1. The van der Waals surface area contributed by atoms with Gasteiger partial charge in [-0.3, -0.25) is 0 Å². The van der Waals surface area contributed by atoms with Crippen molar-refractivity contribution in [2.75, 3.05) is 12.8 Å². The van der Waals surface area contributed by atoms with Crippen LogP contribution in [0.3, 0.4) is 0 Å². The van der Waals surface area contributed by atoms with Crippen molar-refractivity contribution < 1.29 is 9.53 Å². The van der Waals surface area contributed by atoms with Gasteiger partial charge in [-0.2, -0.15) is 0 Å². The second kappa shape index (κ2) is 5.99. The Labute approximate surface area is 120 Å². The number of rotatable bonds is 3. The highest BCUT2D eigenvalue weighted by Gasteiger charge is 2.06. The minimum atomic E-state index is -0.345. The highest BCUT2D eigenvalue weighted by atomic mass is 35.5. The van der Waals surface area contributed by atoms with Crippen LogP contribution in [0, 0.1) is 0 Å². The molecule has 0 radical (unpaired) electrons. The third kappa shape index (κ3) is 3.43. The molecule has 0 spiro atoms. The van der Waals surface area contributed by atoms with Crippen molar-refractivity contribution in [3.8, 4) is 0 Å². The van der Waals surface area contributed by atoms with E-state index in [9.17, 15) is 4.79 Å². The topological polar surface area (TPSA) is 52.3 Å². The fourth-order valence-corrected chi connectivity index (χ4v) is 2.63. The summed E-state index contributed by atoms with van der Waals surface area (Å²) < 4.78 is 4.65. The van der Waals surface area contributed by atoms with Crippen LogP contribution in [-0.4, -0.2) is 13.1 Å². The quantitative estimate of drug-likeness (QED) is 0.689. The molecular weight excluding hydrogens is 282 g/mol. The van der Waals surface area contributed by atoms with E-state index < -0.39 is 0 Å². The Hall–Kier alpha value is -1.65. The van der Waals surface area contributed by atoms with Crippen molar-refractivity contribution in [2.45, 2.75) is 9.79 Å². The van der Waals surface area contributed by atoms with Crippen molar-refractivity contribution in [3.05, 3.63) is 53.1 Å². The molecule has 19 heavy (non-hydrogen) atoms. The molecule has 0 unspecified atom stereocenters. The van der Waals surface area contributed by atoms with Gasteiger partial charge in [0.25, 0.3) is 0 Å². The smallest absolute Gasteiger partial charge is 0.337 e. The van der Waals surface area contributed by atoms with E-state index in [0.717, 1.165) is 9.79 Å². The molecule has 2 aromatic carbocycles. The van der Waals surface area contributed by atoms with E-state index in [2.05, 4.69) is 4.74 Å². The minimum Gasteiger partial charge on any atom is -0.465 e. The maximum absolute atomic E-state index is 11.3. The number of nitrogen functional groups attached to an aromatic ring is 1. The highest BCUT2D eigenvalue weighted by Crippen LogP contribution is 2.34. The number of benzene rings is 2. The summed E-state index contributed by atoms with van der Waals surface area (Å²) in [7, 11) is 1.36. The molecule has 2 rings (SSSR count). The Morgan fingerprint density at radius 1 is 1.21 bits per heavy atom. The summed E-state index contributed by atoms with van der Waals surface area (Å²) in [5, 5.41) is 0.613. The SMILES string of the molecule is COC(=O)c1ccc(Sc2ccc(N)cc2Cl)cc1. The summed E-state index contributed by atoms with van der Waals surface area (Å²) in [4.78, 5) is 13.2. The van der Waals surface area contributed by atoms with E-state index in [1.54, 1.807) is 24.3 Å². The van der Waals surface area contributed by atoms with Crippen LogP contribution in [0.1, 0.15) is 10.4 Å². The van der Waals surface area contributed by atoms with Crippen molar-refractivity contribution in [1.82, 2.24) is 0 Å². The first-order valence-electron chi connectivity index (χ1n) is 5.51. The second-order valence-corrected chi connectivity index (χ2v) is 5.33. The van der Waals surface area contributed by atoms with Gasteiger partial charge in [0.05, 0.1) is 17.7 Å². The average molecular weight is 294 g/mol. The van der Waals surface area contributed by atoms with Gasteiger partial charge in [0.15, 0.2) is 0 Å². The van der Waals surface area contributed by atoms with Crippen LogP contribution >= 0.6 is 23.4 Å². The van der Waals surface area contributed by atoms with Gasteiger partial charge in [0.1, 0.15) is 0 Å². The average Bonchev–Trinajstić information content (AvgIpc) is 2.42. The number of anilines is 1. The van der Waals surface area contributed by atoms with E-state index >= 15 is 0 Å². The molecule has 0 saturated carbocycles. The Morgan fingerprint density at radius 2 is 1.89 bits per heavy atom. The number of ether oxygens (including phenoxy) is 1. The lowest BCUT2D eigenvalue weighted by molar-refractivity contribution is 0.0600. The van der Waals surface area contributed by atoms with E-state index in [1.807, 2.05) is 18.2 Å². The predicted octanol–water partition coefficient (Wildman–Crippen LogP) is 3.86. The molecule has 5 heteroatoms. The van der Waals surface area contributed by atoms with Gasteiger partial charge in [-0.05, 0) is 42.5 Å². The zero-order chi connectivity index (χ0) is 13.8. The molecule has 0 aliphatic heterocycles. The first kappa shape index (κ1) is 13.8. The molecule has 2 N–H and O–H groups in total. The summed E-state index contributed by atoms with van der Waals surface area (Å²) in [5.41, 5.74) is 6.80. The molecule has 0 aromatic heterocycles. The van der Waals surface area contributed by atoms with Crippen molar-refractivity contribution in [1.29, 1.82) is 0 Å². The van der Waals surface area contributed by atoms with Crippen LogP contribution in [0.4, 0.5) is 5.69 Å². The van der Waals surface area contributed by atoms with Gasteiger partial charge in [-0.1, -0.05) is 23.4 Å². The Kier molecular flexibility index (Phi) is 4.35. The largest absolute Gasteiger partial charge is 0.465 e. The Morgan fingerprint density at radius 3 is 2.47 bits per heavy atom. The molecule has 3 nitrogen and oxygen atoms in total. The van der Waals surface area contributed by atoms with Crippen LogP contribution in [0.5, 0.6) is 0 Å². The van der Waals surface area contributed by atoms with E-state index in [1.165, 1.54) is 18.9 Å². The zero-order valence-corrected chi connectivity index (χ0v) is 11.8. The number of methoxy groups -OCH3 is 1. The molecule has 2 aromatic rings. The van der Waals surface area contributed by atoms with Crippen LogP contribution in [0.15, 0.2) is 52.3 Å². The molecule has 0 atom stereocenters. The Balaban J connectivity index is 2.17. The lowest BCUT2D eigenvalue weighted by Gasteiger charge is -2.06. The monoisotopic (exact) mass is 293 g/mol. The molecule has 0 aliphatic rings. The normalized spacial score (nSPS) is 10.2. The summed E-state index contributed by atoms with van der Waals surface area (Å²) in [5.74, 6) is -0.345. The van der Waals surface area contributed by atoms with Gasteiger partial charge in [0.2, 0.25) is 0 Å². The predicted molar refractivity (Wildman–Crippen MR) is 77.8 cm³/mol. The van der Waals surface area contributed by atoms with E-state index in [0.29, 0.717) is 16.3 Å². The van der Waals surface area contributed by atoms with Gasteiger partial charge >= 0.3 is 5.97 Å². The number of nitrogens with two attached hydrogens (primary N) is 1. The molecule has 0 fully saturated rings. The molecule has 98 valence electrons. The van der Waals surface area contributed by atoms with Crippen molar-refractivity contribution >= 4 is 35.0 Å². The molecule has 0 bridgehead atoms. The lowest BCUT2D eigenvalue weighted by Crippen LogP contribution is -2.00. The van der Waals surface area contributed by atoms with Crippen LogP contribution < -0.4 is 5.73 Å². The highest BCUT2D eigenvalue weighted by molar-refractivity contribution is 7.99. The fourth-order valence-electron chi connectivity index (χ4n) is 1.50. The first-order valence-corrected chi connectivity index (χ1v) is 6.71. The van der Waals surface area contributed by atoms with Gasteiger partial charge < -0.3 is 10.5 Å². The lowest BCUT2D eigenvalue weighted by atomic mass is 10.2. The van der Waals surface area contributed by atoms with Gasteiger partial charge in [-0.15, -0.1) is 0 Å². The standard InChI is InChI=1S/C14H12ClNO2S/c1-18-14(17)9-2-5-11(6-3-9)19-13-7-4-10(16)8-12(13)15/h2-8H,16H2,1H3. The van der Waals surface area contributed by atoms with Crippen LogP contribution in [0.2, 0.25) is 5.02 Å². The van der Waals surface area contributed by atoms with Crippen LogP contribution in [0.25, 0.3) is 0 Å². The summed E-state index contributed by atoms with van der Waals surface area (Å²) in [6, 6.07) is 12.5. The molecule has 0 aliphatic carbocycles. The maximum atomic E-state index is 11.3. The third-order valence-electron chi connectivity index (χ3n) is 2.46. The number of hydrogen-bond donors (Lipinski definition) is 1. The number of carbonyl (C=O) groups is 1. The molecule has 0 amide bonds. The third-order valence-corrected chi connectivity index (χ3v) is 3.97. The van der Waals surface area contributed by atoms with E-state index in [-0.39, 0.29) is 5.97 Å². The zero-order valence-electron chi connectivity index (χ0n) is 10.2. The van der Waals surface area contributed by atoms with Gasteiger partial charge in [-0.25, -0.2) is 4.79 Å². The van der Waals surface area contributed by atoms with Crippen LogP contribution in [-0.2, 0) is 4.74 Å². The van der Waals surface area contributed by atoms with Crippen molar-refractivity contribution in [2.24, 2.45) is 0 Å². The fraction of sp³-hybridized carbons (Fsp3) is 0.0714. The molecular formula is C14H12ClNO2S. The summed E-state index contributed by atoms with van der Waals surface area (Å²) >= 11 is 7.62. The molecule has 0 saturated heterocycles. The number of carbonyl (C=O) groups excluding carboxylic acids is 1. The number of halogens is 1. The first-order chi connectivity index (χ1) is 9.10. The minimum absolute atomic E-state index is 0.345. The number of hydrogen-bond acceptors (Lipinski definition) is 4. The Bertz CT molecular complexity index is 599. The molecule has 0 heterocycles. The van der Waals surface area contributed by atoms with E-state index in [4.69, 9.17) is 17.3 Å². The second-order valence-electron chi connectivity index (χ2n) is 3.81. The maximum Gasteiger partial charge on any atom is 0.337 e. The summed E-state index contributed by atoms with van der Waals surface area (Å²) in [6.45, 7) is 0. The summed E-state index contributed by atoms with van der Waals surface area (Å²) in [6.07, 6.45) is 0.